The SMILES string of the molecule is Brc1ccc(-c2c(-c3ccc(Br)cc3)c(-c3ccc(Br)cc3)c3c(-c4nccc5ccccc45)c4ccccc4cc3c2-c2ccc(Br)cc2)cc1. The van der Waals surface area contributed by atoms with Gasteiger partial charge in [-0.3, -0.25) is 4.98 Å². The lowest BCUT2D eigenvalue weighted by molar-refractivity contribution is 1.37. The van der Waals surface area contributed by atoms with Gasteiger partial charge in [-0.05, 0) is 127 Å². The second-order valence-corrected chi connectivity index (χ2v) is 16.5. The zero-order valence-electron chi connectivity index (χ0n) is 27.5. The second kappa shape index (κ2) is 13.9. The molecule has 0 saturated carbocycles. The molecule has 1 heterocycles. The summed E-state index contributed by atoms with van der Waals surface area (Å²) >= 11 is 14.9. The Morgan fingerprint density at radius 2 is 0.750 bits per heavy atom. The summed E-state index contributed by atoms with van der Waals surface area (Å²) in [6, 6.07) is 56.9. The first-order chi connectivity index (χ1) is 25.4. The van der Waals surface area contributed by atoms with E-state index in [1.807, 2.05) is 6.20 Å². The molecule has 5 heteroatoms. The summed E-state index contributed by atoms with van der Waals surface area (Å²) in [6.45, 7) is 0. The number of benzene rings is 8. The number of aromatic nitrogens is 1. The van der Waals surface area contributed by atoms with E-state index in [2.05, 4.69) is 221 Å². The quantitative estimate of drug-likeness (QED) is 0.157. The van der Waals surface area contributed by atoms with Gasteiger partial charge in [-0.15, -0.1) is 0 Å². The molecule has 0 aliphatic heterocycles. The molecular formula is C47H27Br4N. The van der Waals surface area contributed by atoms with Crippen LogP contribution in [0, 0.1) is 0 Å². The third-order valence-corrected chi connectivity index (χ3v) is 11.9. The van der Waals surface area contributed by atoms with Gasteiger partial charge in [0, 0.05) is 40.4 Å². The van der Waals surface area contributed by atoms with Crippen molar-refractivity contribution >= 4 is 96.0 Å². The van der Waals surface area contributed by atoms with Gasteiger partial charge in [0.15, 0.2) is 0 Å². The summed E-state index contributed by atoms with van der Waals surface area (Å²) in [4.78, 5) is 5.22. The number of hydrogen-bond acceptors (Lipinski definition) is 1. The predicted molar refractivity (Wildman–Crippen MR) is 235 cm³/mol. The van der Waals surface area contributed by atoms with E-state index in [0.29, 0.717) is 0 Å². The molecule has 1 nitrogen and oxygen atoms in total. The van der Waals surface area contributed by atoms with Crippen LogP contribution < -0.4 is 0 Å². The van der Waals surface area contributed by atoms with Crippen LogP contribution >= 0.6 is 63.7 Å². The lowest BCUT2D eigenvalue weighted by Crippen LogP contribution is -2.00. The molecule has 0 unspecified atom stereocenters. The van der Waals surface area contributed by atoms with Crippen LogP contribution in [0.2, 0.25) is 0 Å². The maximum absolute atomic E-state index is 5.22. The van der Waals surface area contributed by atoms with E-state index in [-0.39, 0.29) is 0 Å². The zero-order valence-corrected chi connectivity index (χ0v) is 33.9. The highest BCUT2D eigenvalue weighted by molar-refractivity contribution is 9.11. The van der Waals surface area contributed by atoms with Crippen LogP contribution in [0.3, 0.4) is 0 Å². The van der Waals surface area contributed by atoms with Crippen molar-refractivity contribution in [3.63, 3.8) is 0 Å². The van der Waals surface area contributed by atoms with Crippen molar-refractivity contribution in [1.82, 2.24) is 4.98 Å². The highest BCUT2D eigenvalue weighted by Gasteiger charge is 2.28. The average molecular weight is 925 g/mol. The molecule has 52 heavy (non-hydrogen) atoms. The van der Waals surface area contributed by atoms with Crippen molar-refractivity contribution in [2.45, 2.75) is 0 Å². The number of nitrogens with zero attached hydrogens (tertiary/aromatic N) is 1. The number of halogens is 4. The Bertz CT molecular complexity index is 2780. The van der Waals surface area contributed by atoms with Crippen molar-refractivity contribution in [2.24, 2.45) is 0 Å². The molecule has 248 valence electrons. The van der Waals surface area contributed by atoms with Gasteiger partial charge in [-0.25, -0.2) is 0 Å². The monoisotopic (exact) mass is 921 g/mol. The smallest absolute Gasteiger partial charge is 0.0792 e. The standard InChI is InChI=1S/C47H27Br4N/c48-34-17-9-29(10-18-34)41-40-27-33-6-2-3-7-38(33)46(47-39-8-4-1-5-28(39)25-26-52-47)45(40)44(32-15-23-37(51)24-16-32)43(31-13-21-36(50)22-14-31)42(41)30-11-19-35(49)20-12-30/h1-27H. The Morgan fingerprint density at radius 3 is 1.29 bits per heavy atom. The Kier molecular flexibility index (Phi) is 8.92. The van der Waals surface area contributed by atoms with E-state index in [0.717, 1.165) is 72.9 Å². The summed E-state index contributed by atoms with van der Waals surface area (Å²) in [5.74, 6) is 0. The Labute approximate surface area is 335 Å². The van der Waals surface area contributed by atoms with Crippen molar-refractivity contribution in [3.8, 4) is 55.8 Å². The summed E-state index contributed by atoms with van der Waals surface area (Å²) in [5.41, 5.74) is 11.3. The van der Waals surface area contributed by atoms with Gasteiger partial charge in [0.2, 0.25) is 0 Å². The Balaban J connectivity index is 1.63. The van der Waals surface area contributed by atoms with Gasteiger partial charge in [-0.1, -0.05) is 161 Å². The molecule has 0 N–H and O–H groups in total. The molecule has 0 atom stereocenters. The van der Waals surface area contributed by atoms with Crippen LogP contribution in [0.5, 0.6) is 0 Å². The van der Waals surface area contributed by atoms with Crippen LogP contribution in [-0.2, 0) is 0 Å². The van der Waals surface area contributed by atoms with Gasteiger partial charge < -0.3 is 0 Å². The zero-order chi connectivity index (χ0) is 35.3. The highest BCUT2D eigenvalue weighted by atomic mass is 79.9. The van der Waals surface area contributed by atoms with Gasteiger partial charge in [0.05, 0.1) is 5.69 Å². The van der Waals surface area contributed by atoms with Crippen LogP contribution in [0.1, 0.15) is 0 Å². The lowest BCUT2D eigenvalue weighted by Gasteiger charge is -2.27. The van der Waals surface area contributed by atoms with E-state index in [4.69, 9.17) is 4.98 Å². The molecule has 1 aromatic heterocycles. The van der Waals surface area contributed by atoms with Crippen molar-refractivity contribution in [2.75, 3.05) is 0 Å². The maximum atomic E-state index is 5.22. The van der Waals surface area contributed by atoms with Crippen molar-refractivity contribution < 1.29 is 0 Å². The number of pyridine rings is 1. The fourth-order valence-corrected chi connectivity index (χ4v) is 8.57. The first-order valence-electron chi connectivity index (χ1n) is 16.9. The maximum Gasteiger partial charge on any atom is 0.0792 e. The topological polar surface area (TPSA) is 12.9 Å². The molecule has 0 bridgehead atoms. The molecule has 0 amide bonds. The van der Waals surface area contributed by atoms with E-state index in [1.54, 1.807) is 0 Å². The van der Waals surface area contributed by atoms with E-state index in [1.165, 1.54) is 33.0 Å². The summed E-state index contributed by atoms with van der Waals surface area (Å²) in [6.07, 6.45) is 1.95. The van der Waals surface area contributed by atoms with Gasteiger partial charge in [0.1, 0.15) is 0 Å². The van der Waals surface area contributed by atoms with Crippen LogP contribution in [0.25, 0.3) is 88.1 Å². The third-order valence-electron chi connectivity index (χ3n) is 9.76. The van der Waals surface area contributed by atoms with Crippen LogP contribution in [-0.4, -0.2) is 4.98 Å². The summed E-state index contributed by atoms with van der Waals surface area (Å²) in [7, 11) is 0. The number of hydrogen-bond donors (Lipinski definition) is 0. The van der Waals surface area contributed by atoms with Gasteiger partial charge >= 0.3 is 0 Å². The molecule has 9 rings (SSSR count). The molecule has 0 aliphatic rings. The fourth-order valence-electron chi connectivity index (χ4n) is 7.51. The van der Waals surface area contributed by atoms with Crippen LogP contribution in [0.15, 0.2) is 182 Å². The minimum absolute atomic E-state index is 0.971. The minimum atomic E-state index is 0.971. The predicted octanol–water partition coefficient (Wildman–Crippen LogP) is 15.9. The Morgan fingerprint density at radius 1 is 0.327 bits per heavy atom. The van der Waals surface area contributed by atoms with Gasteiger partial charge in [-0.2, -0.15) is 0 Å². The number of fused-ring (bicyclic) bond motifs is 3. The normalized spacial score (nSPS) is 11.5. The molecular weight excluding hydrogens is 898 g/mol. The molecule has 0 spiro atoms. The molecule has 0 radical (unpaired) electrons. The minimum Gasteiger partial charge on any atom is -0.256 e. The molecule has 0 aliphatic carbocycles. The second-order valence-electron chi connectivity index (χ2n) is 12.8. The van der Waals surface area contributed by atoms with E-state index >= 15 is 0 Å². The van der Waals surface area contributed by atoms with E-state index < -0.39 is 0 Å². The lowest BCUT2D eigenvalue weighted by atomic mass is 9.76. The molecule has 9 aromatic rings. The Hall–Kier alpha value is -4.39. The largest absolute Gasteiger partial charge is 0.256 e. The molecule has 0 saturated heterocycles. The first kappa shape index (κ1) is 33.4. The summed E-state index contributed by atoms with van der Waals surface area (Å²) in [5, 5.41) is 6.95. The summed E-state index contributed by atoms with van der Waals surface area (Å²) < 4.78 is 4.14. The molecule has 8 aromatic carbocycles. The number of rotatable bonds is 5. The first-order valence-corrected chi connectivity index (χ1v) is 20.0. The van der Waals surface area contributed by atoms with E-state index in [9.17, 15) is 0 Å². The third kappa shape index (κ3) is 5.94. The van der Waals surface area contributed by atoms with Crippen molar-refractivity contribution in [1.29, 1.82) is 0 Å². The average Bonchev–Trinajstić information content (AvgIpc) is 3.17. The fraction of sp³-hybridized carbons (Fsp3) is 0. The highest BCUT2D eigenvalue weighted by Crippen LogP contribution is 2.55. The van der Waals surface area contributed by atoms with Crippen LogP contribution in [0.4, 0.5) is 0 Å². The van der Waals surface area contributed by atoms with Crippen molar-refractivity contribution in [3.05, 3.63) is 182 Å². The van der Waals surface area contributed by atoms with Gasteiger partial charge in [0.25, 0.3) is 0 Å². The molecule has 0 fully saturated rings.